The van der Waals surface area contributed by atoms with Crippen LogP contribution in [0.1, 0.15) is 16.7 Å². The van der Waals surface area contributed by atoms with Gasteiger partial charge in [-0.05, 0) is 36.2 Å². The van der Waals surface area contributed by atoms with E-state index in [1.807, 2.05) is 66.3 Å². The molecule has 2 aromatic heterocycles. The molecular formula is C26H22N6O. The third-order valence-electron chi connectivity index (χ3n) is 5.02. The van der Waals surface area contributed by atoms with Crippen molar-refractivity contribution >= 4 is 17.4 Å². The lowest BCUT2D eigenvalue weighted by atomic mass is 10.1. The molecule has 0 unspecified atom stereocenters. The zero-order valence-electron chi connectivity index (χ0n) is 18.1. The summed E-state index contributed by atoms with van der Waals surface area (Å²) < 4.78 is 1.87. The Labute approximate surface area is 192 Å². The van der Waals surface area contributed by atoms with Crippen LogP contribution in [0.5, 0.6) is 0 Å². The molecule has 0 aliphatic rings. The van der Waals surface area contributed by atoms with Crippen LogP contribution in [-0.2, 0) is 18.3 Å². The summed E-state index contributed by atoms with van der Waals surface area (Å²) in [4.78, 5) is 26.3. The number of aliphatic imine (C=N–C) groups is 1. The molecule has 7 nitrogen and oxygen atoms in total. The monoisotopic (exact) mass is 434 g/mol. The summed E-state index contributed by atoms with van der Waals surface area (Å²) >= 11 is 0. The minimum atomic E-state index is -0.320. The van der Waals surface area contributed by atoms with Gasteiger partial charge in [0.2, 0.25) is 0 Å². The van der Waals surface area contributed by atoms with Crippen molar-refractivity contribution in [2.24, 2.45) is 12.0 Å². The average molecular weight is 435 g/mol. The second-order valence-electron chi connectivity index (χ2n) is 7.47. The fourth-order valence-corrected chi connectivity index (χ4v) is 3.29. The van der Waals surface area contributed by atoms with Crippen LogP contribution in [0.25, 0.3) is 11.3 Å². The number of imidazole rings is 1. The van der Waals surface area contributed by atoms with Crippen molar-refractivity contribution < 1.29 is 4.79 Å². The molecule has 0 aliphatic heterocycles. The van der Waals surface area contributed by atoms with Crippen LogP contribution >= 0.6 is 0 Å². The van der Waals surface area contributed by atoms with E-state index in [9.17, 15) is 4.79 Å². The van der Waals surface area contributed by atoms with E-state index >= 15 is 0 Å². The van der Waals surface area contributed by atoms with E-state index in [0.29, 0.717) is 30.1 Å². The number of anilines is 1. The van der Waals surface area contributed by atoms with Crippen molar-refractivity contribution in [2.75, 3.05) is 11.9 Å². The molecule has 0 spiro atoms. The Bertz CT molecular complexity index is 1300. The van der Waals surface area contributed by atoms with Gasteiger partial charge >= 0.3 is 0 Å². The minimum Gasteiger partial charge on any atom is -0.340 e. The highest BCUT2D eigenvalue weighted by molar-refractivity contribution is 6.48. The third kappa shape index (κ3) is 5.57. The number of nitrogens with one attached hydrogen (secondary N) is 1. The molecule has 0 radical (unpaired) electrons. The molecule has 0 fully saturated rings. The van der Waals surface area contributed by atoms with Gasteiger partial charge in [0.1, 0.15) is 11.5 Å². The summed E-state index contributed by atoms with van der Waals surface area (Å²) in [5.41, 5.74) is 4.44. The molecule has 33 heavy (non-hydrogen) atoms. The number of nitrogens with zero attached hydrogens (tertiary/aromatic N) is 5. The zero-order valence-corrected chi connectivity index (χ0v) is 18.1. The number of pyridine rings is 1. The van der Waals surface area contributed by atoms with Crippen molar-refractivity contribution in [2.45, 2.75) is 6.42 Å². The van der Waals surface area contributed by atoms with Crippen LogP contribution < -0.4 is 5.32 Å². The largest absolute Gasteiger partial charge is 0.340 e. The zero-order chi connectivity index (χ0) is 23.0. The summed E-state index contributed by atoms with van der Waals surface area (Å²) in [5, 5.41) is 11.8. The molecule has 1 N–H and O–H groups in total. The molecular weight excluding hydrogens is 412 g/mol. The summed E-state index contributed by atoms with van der Waals surface area (Å²) in [6.45, 7) is 0.440. The lowest BCUT2D eigenvalue weighted by Crippen LogP contribution is -2.25. The summed E-state index contributed by atoms with van der Waals surface area (Å²) in [6.07, 6.45) is 5.98. The van der Waals surface area contributed by atoms with Gasteiger partial charge in [-0.15, -0.1) is 0 Å². The van der Waals surface area contributed by atoms with Gasteiger partial charge in [0.05, 0.1) is 23.7 Å². The molecule has 0 saturated carbocycles. The first-order chi connectivity index (χ1) is 16.1. The smallest absolute Gasteiger partial charge is 0.275 e. The van der Waals surface area contributed by atoms with E-state index in [2.05, 4.69) is 26.3 Å². The molecule has 2 heterocycles. The van der Waals surface area contributed by atoms with Gasteiger partial charge in [-0.3, -0.25) is 9.79 Å². The van der Waals surface area contributed by atoms with Crippen LogP contribution in [0.4, 0.5) is 5.82 Å². The molecule has 4 aromatic rings. The van der Waals surface area contributed by atoms with Crippen molar-refractivity contribution in [1.29, 1.82) is 5.26 Å². The molecule has 7 heteroatoms. The first kappa shape index (κ1) is 21.7. The number of aryl methyl sites for hydroxylation is 1. The normalized spacial score (nSPS) is 11.1. The molecule has 1 amide bonds. The molecule has 0 saturated heterocycles. The van der Waals surface area contributed by atoms with Crippen LogP contribution in [0.15, 0.2) is 90.4 Å². The Balaban J connectivity index is 1.48. The van der Waals surface area contributed by atoms with E-state index in [1.54, 1.807) is 30.7 Å². The number of hydrogen-bond acceptors (Lipinski definition) is 5. The number of hydrogen-bond donors (Lipinski definition) is 1. The number of nitriles is 1. The fourth-order valence-electron chi connectivity index (χ4n) is 3.29. The first-order valence-corrected chi connectivity index (χ1v) is 10.5. The number of aromatic nitrogens is 3. The van der Waals surface area contributed by atoms with Crippen molar-refractivity contribution in [3.63, 3.8) is 0 Å². The Hall–Kier alpha value is -4.57. The SMILES string of the molecule is Cn1cnc(-c2ccc(NC(=O)C(=NCCc3ccc(C#N)cc3)c3ccccc3)nc2)c1. The van der Waals surface area contributed by atoms with Crippen molar-refractivity contribution in [3.05, 3.63) is 102 Å². The summed E-state index contributed by atoms with van der Waals surface area (Å²) in [6, 6.07) is 22.5. The van der Waals surface area contributed by atoms with Gasteiger partial charge in [-0.25, -0.2) is 9.97 Å². The molecule has 0 bridgehead atoms. The van der Waals surface area contributed by atoms with E-state index in [0.717, 1.165) is 22.4 Å². The number of carbonyl (C=O) groups is 1. The van der Waals surface area contributed by atoms with E-state index in [4.69, 9.17) is 5.26 Å². The van der Waals surface area contributed by atoms with Crippen molar-refractivity contribution in [3.8, 4) is 17.3 Å². The first-order valence-electron chi connectivity index (χ1n) is 10.5. The second kappa shape index (κ2) is 10.2. The summed E-state index contributed by atoms with van der Waals surface area (Å²) in [5.74, 6) is 0.120. The number of rotatable bonds is 7. The Morgan fingerprint density at radius 2 is 1.85 bits per heavy atom. The average Bonchev–Trinajstić information content (AvgIpc) is 3.29. The third-order valence-corrected chi connectivity index (χ3v) is 5.02. The Kier molecular flexibility index (Phi) is 6.67. The number of benzene rings is 2. The van der Waals surface area contributed by atoms with Crippen LogP contribution in [0, 0.1) is 11.3 Å². The maximum Gasteiger partial charge on any atom is 0.275 e. The maximum absolute atomic E-state index is 13.1. The highest BCUT2D eigenvalue weighted by Gasteiger charge is 2.15. The molecule has 0 atom stereocenters. The molecule has 2 aromatic carbocycles. The predicted molar refractivity (Wildman–Crippen MR) is 128 cm³/mol. The van der Waals surface area contributed by atoms with Crippen molar-refractivity contribution in [1.82, 2.24) is 14.5 Å². The van der Waals surface area contributed by atoms with E-state index in [1.165, 1.54) is 0 Å². The van der Waals surface area contributed by atoms with E-state index in [-0.39, 0.29) is 5.91 Å². The van der Waals surface area contributed by atoms with Gasteiger partial charge in [-0.2, -0.15) is 5.26 Å². The van der Waals surface area contributed by atoms with Crippen LogP contribution in [0.3, 0.4) is 0 Å². The van der Waals surface area contributed by atoms with Gasteiger partial charge in [0.15, 0.2) is 0 Å². The number of carbonyl (C=O) groups excluding carboxylic acids is 1. The van der Waals surface area contributed by atoms with Crippen LogP contribution in [-0.4, -0.2) is 32.7 Å². The number of amides is 1. The highest BCUT2D eigenvalue weighted by atomic mass is 16.2. The topological polar surface area (TPSA) is 96.0 Å². The van der Waals surface area contributed by atoms with Gasteiger partial charge < -0.3 is 9.88 Å². The quantitative estimate of drug-likeness (QED) is 0.444. The molecule has 0 aliphatic carbocycles. The Morgan fingerprint density at radius 3 is 2.48 bits per heavy atom. The Morgan fingerprint density at radius 1 is 1.06 bits per heavy atom. The lowest BCUT2D eigenvalue weighted by molar-refractivity contribution is -0.110. The molecule has 162 valence electrons. The lowest BCUT2D eigenvalue weighted by Gasteiger charge is -2.09. The fraction of sp³-hybridized carbons (Fsp3) is 0.115. The van der Waals surface area contributed by atoms with Crippen LogP contribution in [0.2, 0.25) is 0 Å². The van der Waals surface area contributed by atoms with Gasteiger partial charge in [0, 0.05) is 37.1 Å². The minimum absolute atomic E-state index is 0.320. The van der Waals surface area contributed by atoms with Gasteiger partial charge in [-0.1, -0.05) is 42.5 Å². The predicted octanol–water partition coefficient (Wildman–Crippen LogP) is 4.02. The summed E-state index contributed by atoms with van der Waals surface area (Å²) in [7, 11) is 1.91. The second-order valence-corrected chi connectivity index (χ2v) is 7.47. The standard InChI is InChI=1S/C26H22N6O/c1-32-17-23(30-18-32)22-11-12-24(29-16-22)31-26(33)25(21-5-3-2-4-6-21)28-14-13-19-7-9-20(15-27)10-8-19/h2-12,16-18H,13-14H2,1H3,(H,29,31,33). The maximum atomic E-state index is 13.1. The molecule has 4 rings (SSSR count). The van der Waals surface area contributed by atoms with E-state index < -0.39 is 0 Å². The van der Waals surface area contributed by atoms with Gasteiger partial charge in [0.25, 0.3) is 5.91 Å². The highest BCUT2D eigenvalue weighted by Crippen LogP contribution is 2.17.